The largest absolute Gasteiger partial charge is 0.373 e. The molecule has 0 bridgehead atoms. The molecule has 2 aliphatic heterocycles. The minimum atomic E-state index is -0.214. The summed E-state index contributed by atoms with van der Waals surface area (Å²) in [6.45, 7) is 2.20. The molecule has 3 heterocycles. The first-order chi connectivity index (χ1) is 11.2. The summed E-state index contributed by atoms with van der Waals surface area (Å²) in [5, 5.41) is 0. The van der Waals surface area contributed by atoms with Crippen molar-refractivity contribution in [2.45, 2.75) is 24.9 Å². The number of aromatic amines is 1. The second-order valence-corrected chi connectivity index (χ2v) is 6.30. The third-order valence-electron chi connectivity index (χ3n) is 4.81. The smallest absolute Gasteiger partial charge is 0.330 e. The molecule has 120 valence electrons. The molecule has 6 nitrogen and oxygen atoms in total. The summed E-state index contributed by atoms with van der Waals surface area (Å²) in [6.07, 6.45) is 6.26. The molecule has 1 aromatic heterocycles. The summed E-state index contributed by atoms with van der Waals surface area (Å²) in [6, 6.07) is 7.18. The Morgan fingerprint density at radius 2 is 2.22 bits per heavy atom. The maximum Gasteiger partial charge on any atom is 0.330 e. The van der Waals surface area contributed by atoms with Gasteiger partial charge >= 0.3 is 5.69 Å². The van der Waals surface area contributed by atoms with E-state index in [1.54, 1.807) is 30.6 Å². The van der Waals surface area contributed by atoms with E-state index in [9.17, 15) is 9.59 Å². The molecule has 2 fully saturated rings. The monoisotopic (exact) mass is 313 g/mol. The number of rotatable bonds is 2. The van der Waals surface area contributed by atoms with Crippen LogP contribution in [-0.4, -0.2) is 45.7 Å². The first-order valence-electron chi connectivity index (χ1n) is 7.97. The maximum absolute atomic E-state index is 12.8. The van der Waals surface area contributed by atoms with Crippen LogP contribution in [0.3, 0.4) is 0 Å². The molecule has 4 rings (SSSR count). The molecule has 2 saturated heterocycles. The van der Waals surface area contributed by atoms with Gasteiger partial charge in [-0.05, 0) is 37.5 Å². The first kappa shape index (κ1) is 14.3. The molecule has 1 amide bonds. The second kappa shape index (κ2) is 5.38. The van der Waals surface area contributed by atoms with Crippen LogP contribution in [0.25, 0.3) is 5.69 Å². The summed E-state index contributed by atoms with van der Waals surface area (Å²) < 4.78 is 7.36. The highest BCUT2D eigenvalue weighted by Crippen LogP contribution is 2.35. The van der Waals surface area contributed by atoms with Gasteiger partial charge in [0.1, 0.15) is 0 Å². The van der Waals surface area contributed by atoms with Crippen molar-refractivity contribution in [3.63, 3.8) is 0 Å². The van der Waals surface area contributed by atoms with Crippen molar-refractivity contribution in [1.82, 2.24) is 14.5 Å². The molecule has 23 heavy (non-hydrogen) atoms. The normalized spacial score (nSPS) is 23.7. The lowest BCUT2D eigenvalue weighted by Crippen LogP contribution is -2.35. The Labute approximate surface area is 133 Å². The quantitative estimate of drug-likeness (QED) is 0.915. The topological polar surface area (TPSA) is 67.3 Å². The number of amides is 1. The zero-order chi connectivity index (χ0) is 15.9. The summed E-state index contributed by atoms with van der Waals surface area (Å²) in [7, 11) is 0. The number of carbonyl (C=O) groups excluding carboxylic acids is 1. The number of imidazole rings is 1. The van der Waals surface area contributed by atoms with Gasteiger partial charge in [-0.15, -0.1) is 0 Å². The fourth-order valence-electron chi connectivity index (χ4n) is 3.59. The molecule has 1 unspecified atom stereocenters. The van der Waals surface area contributed by atoms with E-state index in [1.807, 2.05) is 11.0 Å². The lowest BCUT2D eigenvalue weighted by atomic mass is 10.00. The number of H-pyrrole nitrogens is 1. The molecule has 1 aromatic carbocycles. The zero-order valence-electron chi connectivity index (χ0n) is 12.8. The molecule has 2 aromatic rings. The Kier molecular flexibility index (Phi) is 3.34. The van der Waals surface area contributed by atoms with E-state index in [2.05, 4.69) is 4.98 Å². The van der Waals surface area contributed by atoms with Crippen molar-refractivity contribution >= 4 is 5.91 Å². The third kappa shape index (κ3) is 2.49. The highest BCUT2D eigenvalue weighted by molar-refractivity contribution is 5.95. The highest BCUT2D eigenvalue weighted by Gasteiger charge is 2.43. The van der Waals surface area contributed by atoms with Gasteiger partial charge in [0.15, 0.2) is 0 Å². The van der Waals surface area contributed by atoms with Crippen LogP contribution in [0.2, 0.25) is 0 Å². The number of carbonyl (C=O) groups is 1. The minimum absolute atomic E-state index is 0.00260. The molecule has 0 radical (unpaired) electrons. The van der Waals surface area contributed by atoms with Crippen LogP contribution in [0, 0.1) is 0 Å². The number of nitrogens with one attached hydrogen (secondary N) is 1. The molecule has 1 atom stereocenters. The number of nitrogens with zero attached hydrogens (tertiary/aromatic N) is 2. The number of aromatic nitrogens is 2. The van der Waals surface area contributed by atoms with E-state index in [4.69, 9.17) is 4.74 Å². The summed E-state index contributed by atoms with van der Waals surface area (Å²) in [5.41, 5.74) is 0.957. The number of hydrogen-bond donors (Lipinski definition) is 1. The van der Waals surface area contributed by atoms with Gasteiger partial charge in [0.2, 0.25) is 0 Å². The SMILES string of the molecule is O=C(c1cccc(-n2cc[nH]c2=O)c1)N1CCC2(CCCO2)C1. The first-order valence-corrected chi connectivity index (χ1v) is 7.97. The van der Waals surface area contributed by atoms with Gasteiger partial charge in [0.05, 0.1) is 17.8 Å². The summed E-state index contributed by atoms with van der Waals surface area (Å²) in [4.78, 5) is 29.0. The van der Waals surface area contributed by atoms with E-state index < -0.39 is 0 Å². The number of hydrogen-bond acceptors (Lipinski definition) is 3. The predicted octanol–water partition coefficient (Wildman–Crippen LogP) is 1.56. The summed E-state index contributed by atoms with van der Waals surface area (Å²) >= 11 is 0. The third-order valence-corrected chi connectivity index (χ3v) is 4.81. The molecule has 0 saturated carbocycles. The fraction of sp³-hybridized carbons (Fsp3) is 0.412. The Balaban J connectivity index is 1.58. The van der Waals surface area contributed by atoms with Crippen molar-refractivity contribution in [3.05, 3.63) is 52.7 Å². The number of likely N-dealkylation sites (tertiary alicyclic amines) is 1. The highest BCUT2D eigenvalue weighted by atomic mass is 16.5. The van der Waals surface area contributed by atoms with Crippen molar-refractivity contribution < 1.29 is 9.53 Å². The number of ether oxygens (including phenoxy) is 1. The van der Waals surface area contributed by atoms with Gasteiger partial charge in [-0.2, -0.15) is 0 Å². The van der Waals surface area contributed by atoms with Crippen LogP contribution in [0.4, 0.5) is 0 Å². The van der Waals surface area contributed by atoms with Crippen molar-refractivity contribution in [2.24, 2.45) is 0 Å². The van der Waals surface area contributed by atoms with Crippen molar-refractivity contribution in [1.29, 1.82) is 0 Å². The maximum atomic E-state index is 12.8. The van der Waals surface area contributed by atoms with E-state index >= 15 is 0 Å². The van der Waals surface area contributed by atoms with Gasteiger partial charge in [-0.1, -0.05) is 6.07 Å². The van der Waals surface area contributed by atoms with E-state index in [0.29, 0.717) is 17.8 Å². The standard InChI is InChI=1S/C17H19N3O3/c21-15(19-8-6-17(12-19)5-2-10-23-17)13-3-1-4-14(11-13)20-9-7-18-16(20)22/h1,3-4,7,9,11H,2,5-6,8,10,12H2,(H,18,22). The van der Waals surface area contributed by atoms with Gasteiger partial charge in [0, 0.05) is 31.1 Å². The van der Waals surface area contributed by atoms with Crippen molar-refractivity contribution in [3.8, 4) is 5.69 Å². The second-order valence-electron chi connectivity index (χ2n) is 6.30. The Morgan fingerprint density at radius 3 is 2.96 bits per heavy atom. The van der Waals surface area contributed by atoms with Crippen LogP contribution in [-0.2, 0) is 4.74 Å². The average molecular weight is 313 g/mol. The predicted molar refractivity (Wildman–Crippen MR) is 84.8 cm³/mol. The van der Waals surface area contributed by atoms with E-state index in [1.165, 1.54) is 4.57 Å². The molecule has 1 N–H and O–H groups in total. The fourth-order valence-corrected chi connectivity index (χ4v) is 3.59. The Morgan fingerprint density at radius 1 is 1.30 bits per heavy atom. The molecular weight excluding hydrogens is 294 g/mol. The lowest BCUT2D eigenvalue weighted by Gasteiger charge is -2.23. The van der Waals surface area contributed by atoms with Gasteiger partial charge in [-0.3, -0.25) is 9.36 Å². The molecule has 2 aliphatic rings. The minimum Gasteiger partial charge on any atom is -0.373 e. The van der Waals surface area contributed by atoms with Gasteiger partial charge in [-0.25, -0.2) is 4.79 Å². The molecule has 0 aliphatic carbocycles. The van der Waals surface area contributed by atoms with Crippen LogP contribution in [0.5, 0.6) is 0 Å². The van der Waals surface area contributed by atoms with Crippen LogP contribution >= 0.6 is 0 Å². The van der Waals surface area contributed by atoms with Crippen molar-refractivity contribution in [2.75, 3.05) is 19.7 Å². The van der Waals surface area contributed by atoms with Gasteiger partial charge < -0.3 is 14.6 Å². The van der Waals surface area contributed by atoms with Gasteiger partial charge in [0.25, 0.3) is 5.91 Å². The Hall–Kier alpha value is -2.34. The molecule has 1 spiro atoms. The van der Waals surface area contributed by atoms with Crippen LogP contribution in [0.15, 0.2) is 41.5 Å². The number of benzene rings is 1. The van der Waals surface area contributed by atoms with E-state index in [-0.39, 0.29) is 17.2 Å². The Bertz CT molecular complexity index is 786. The average Bonchev–Trinajstić information content (AvgIpc) is 3.30. The summed E-state index contributed by atoms with van der Waals surface area (Å²) in [5.74, 6) is 0.00260. The van der Waals surface area contributed by atoms with Crippen LogP contribution in [0.1, 0.15) is 29.6 Å². The molecule has 6 heteroatoms. The lowest BCUT2D eigenvalue weighted by molar-refractivity contribution is 0.0127. The molecular formula is C17H19N3O3. The van der Waals surface area contributed by atoms with E-state index in [0.717, 1.165) is 32.4 Å². The zero-order valence-corrected chi connectivity index (χ0v) is 12.8. The van der Waals surface area contributed by atoms with Crippen LogP contribution < -0.4 is 5.69 Å².